The molecule has 2 N–H and O–H groups in total. The molecule has 4 heterocycles. The van der Waals surface area contributed by atoms with Gasteiger partial charge in [0, 0.05) is 48.5 Å². The number of hydrogen-bond donors (Lipinski definition) is 1. The maximum Gasteiger partial charge on any atom is 0.166 e. The van der Waals surface area contributed by atoms with E-state index in [0.717, 1.165) is 34.6 Å². The van der Waals surface area contributed by atoms with E-state index in [9.17, 15) is 4.39 Å². The van der Waals surface area contributed by atoms with Gasteiger partial charge in [-0.05, 0) is 49.9 Å². The van der Waals surface area contributed by atoms with Crippen LogP contribution >= 0.6 is 11.6 Å². The van der Waals surface area contributed by atoms with E-state index in [2.05, 4.69) is 20.3 Å². The lowest BCUT2D eigenvalue weighted by Crippen LogP contribution is -2.10. The molecule has 3 aromatic heterocycles. The fourth-order valence-corrected chi connectivity index (χ4v) is 4.84. The van der Waals surface area contributed by atoms with E-state index in [1.807, 2.05) is 17.7 Å². The van der Waals surface area contributed by atoms with Crippen molar-refractivity contribution in [3.8, 4) is 28.3 Å². The number of nitrogens with zero attached hydrogens (tertiary/aromatic N) is 6. The quantitative estimate of drug-likeness (QED) is 0.452. The third kappa shape index (κ3) is 3.60. The van der Waals surface area contributed by atoms with Crippen LogP contribution in [0.15, 0.2) is 30.5 Å². The van der Waals surface area contributed by atoms with Crippen LogP contribution in [0.5, 0.6) is 5.75 Å². The number of ether oxygens (including phenoxy) is 1. The molecular formula is C24H23ClFN7O. The molecule has 1 aliphatic carbocycles. The molecule has 34 heavy (non-hydrogen) atoms. The van der Waals surface area contributed by atoms with Crippen LogP contribution in [-0.4, -0.2) is 29.8 Å². The van der Waals surface area contributed by atoms with Gasteiger partial charge in [0.2, 0.25) is 0 Å². The zero-order chi connectivity index (χ0) is 23.6. The first-order valence-corrected chi connectivity index (χ1v) is 11.6. The van der Waals surface area contributed by atoms with Gasteiger partial charge >= 0.3 is 0 Å². The fraction of sp³-hybridized carbons (Fsp3) is 0.333. The highest BCUT2D eigenvalue weighted by Gasteiger charge is 2.29. The molecule has 1 aromatic carbocycles. The van der Waals surface area contributed by atoms with Gasteiger partial charge in [0.25, 0.3) is 0 Å². The van der Waals surface area contributed by atoms with E-state index in [0.29, 0.717) is 34.5 Å². The van der Waals surface area contributed by atoms with Crippen LogP contribution < -0.4 is 10.5 Å². The number of halogens is 2. The lowest BCUT2D eigenvalue weighted by molar-refractivity contribution is 0.227. The van der Waals surface area contributed by atoms with Crippen LogP contribution in [0.3, 0.4) is 0 Å². The molecule has 0 saturated heterocycles. The highest BCUT2D eigenvalue weighted by molar-refractivity contribution is 6.30. The van der Waals surface area contributed by atoms with Crippen LogP contribution in [0.25, 0.3) is 22.5 Å². The second-order valence-electron chi connectivity index (χ2n) is 9.00. The summed E-state index contributed by atoms with van der Waals surface area (Å²) < 4.78 is 22.5. The van der Waals surface area contributed by atoms with Gasteiger partial charge in [0.15, 0.2) is 16.7 Å². The number of pyridine rings is 1. The molecule has 1 fully saturated rings. The number of nitrogen functional groups attached to an aromatic ring is 1. The third-order valence-corrected chi connectivity index (χ3v) is 6.73. The number of fused-ring (bicyclic) bond motifs is 7. The molecule has 2 aliphatic rings. The number of nitrogens with two attached hydrogens (primary N) is 1. The van der Waals surface area contributed by atoms with E-state index in [1.54, 1.807) is 19.3 Å². The van der Waals surface area contributed by atoms with Gasteiger partial charge in [-0.1, -0.05) is 11.6 Å². The highest BCUT2D eigenvalue weighted by Crippen LogP contribution is 2.41. The van der Waals surface area contributed by atoms with E-state index >= 15 is 0 Å². The average molecular weight is 480 g/mol. The minimum absolute atomic E-state index is 0.256. The van der Waals surface area contributed by atoms with Crippen molar-refractivity contribution in [1.82, 2.24) is 29.8 Å². The number of benzene rings is 1. The third-order valence-electron chi connectivity index (χ3n) is 6.42. The summed E-state index contributed by atoms with van der Waals surface area (Å²) in [7, 11) is 1.76. The van der Waals surface area contributed by atoms with Crippen molar-refractivity contribution in [2.24, 2.45) is 13.0 Å². The van der Waals surface area contributed by atoms with Gasteiger partial charge in [-0.3, -0.25) is 4.68 Å². The number of aryl methyl sites for hydroxylation is 1. The summed E-state index contributed by atoms with van der Waals surface area (Å²) in [6.07, 6.45) is 3.97. The Labute approximate surface area is 200 Å². The van der Waals surface area contributed by atoms with E-state index in [1.165, 1.54) is 29.8 Å². The molecule has 1 atom stereocenters. The van der Waals surface area contributed by atoms with Crippen LogP contribution in [-0.2, 0) is 20.0 Å². The number of anilines is 1. The summed E-state index contributed by atoms with van der Waals surface area (Å²) in [6, 6.07) is 6.44. The molecule has 1 aliphatic heterocycles. The van der Waals surface area contributed by atoms with E-state index in [-0.39, 0.29) is 11.6 Å². The molecule has 0 amide bonds. The SMILES string of the molecule is CC1Oc2cc(cnc2N)-c2c(c(Cl)nn2CC2CC2)Cc2nn(C)nc2-c2ccc(F)cc21. The maximum atomic E-state index is 14.3. The van der Waals surface area contributed by atoms with Crippen molar-refractivity contribution < 1.29 is 9.13 Å². The lowest BCUT2D eigenvalue weighted by atomic mass is 9.96. The zero-order valence-electron chi connectivity index (χ0n) is 18.8. The topological polar surface area (TPSA) is 96.7 Å². The summed E-state index contributed by atoms with van der Waals surface area (Å²) in [5, 5.41) is 14.3. The lowest BCUT2D eigenvalue weighted by Gasteiger charge is -2.20. The minimum atomic E-state index is -0.515. The first-order chi connectivity index (χ1) is 16.4. The van der Waals surface area contributed by atoms with Gasteiger partial charge in [0.05, 0.1) is 11.4 Å². The highest BCUT2D eigenvalue weighted by atomic mass is 35.5. The monoisotopic (exact) mass is 479 g/mol. The van der Waals surface area contributed by atoms with E-state index < -0.39 is 6.10 Å². The Hall–Kier alpha value is -3.46. The minimum Gasteiger partial charge on any atom is -0.482 e. The first-order valence-electron chi connectivity index (χ1n) is 11.2. The Morgan fingerprint density at radius 3 is 2.82 bits per heavy atom. The fourth-order valence-electron chi connectivity index (χ4n) is 4.59. The standard InChI is InChI=1S/C24H23ClFN7O/c1-12-17-8-15(26)5-6-16(17)21-19(29-32(2)30-21)9-18-22(14-7-20(34-12)24(27)28-10-14)33(31-23(18)25)11-13-3-4-13/h5-8,10,12-13H,3-4,9,11H2,1-2H3,(H2,27,28). The van der Waals surface area contributed by atoms with Gasteiger partial charge in [-0.15, -0.1) is 0 Å². The van der Waals surface area contributed by atoms with Crippen molar-refractivity contribution in [2.45, 2.75) is 38.8 Å². The zero-order valence-corrected chi connectivity index (χ0v) is 19.6. The molecule has 6 rings (SSSR count). The predicted molar refractivity (Wildman–Crippen MR) is 126 cm³/mol. The number of rotatable bonds is 2. The largest absolute Gasteiger partial charge is 0.482 e. The van der Waals surface area contributed by atoms with Crippen molar-refractivity contribution in [2.75, 3.05) is 5.73 Å². The van der Waals surface area contributed by atoms with Crippen LogP contribution in [0.1, 0.15) is 42.7 Å². The van der Waals surface area contributed by atoms with Gasteiger partial charge in [-0.25, -0.2) is 9.37 Å². The number of hydrogen-bond acceptors (Lipinski definition) is 6. The Bertz CT molecular complexity index is 1430. The number of aromatic nitrogens is 6. The van der Waals surface area contributed by atoms with Crippen molar-refractivity contribution in [3.05, 3.63) is 58.3 Å². The Morgan fingerprint density at radius 1 is 1.21 bits per heavy atom. The van der Waals surface area contributed by atoms with Crippen LogP contribution in [0.2, 0.25) is 5.15 Å². The summed E-state index contributed by atoms with van der Waals surface area (Å²) in [6.45, 7) is 2.63. The summed E-state index contributed by atoms with van der Waals surface area (Å²) >= 11 is 6.71. The van der Waals surface area contributed by atoms with Gasteiger partial charge in [-0.2, -0.15) is 20.1 Å². The molecule has 4 aromatic rings. The van der Waals surface area contributed by atoms with Gasteiger partial charge < -0.3 is 10.5 Å². The summed E-state index contributed by atoms with van der Waals surface area (Å²) in [5.41, 5.74) is 11.4. The molecule has 2 bridgehead atoms. The molecular weight excluding hydrogens is 457 g/mol. The molecule has 174 valence electrons. The Morgan fingerprint density at radius 2 is 2.03 bits per heavy atom. The van der Waals surface area contributed by atoms with Crippen LogP contribution in [0, 0.1) is 11.7 Å². The maximum absolute atomic E-state index is 14.3. The summed E-state index contributed by atoms with van der Waals surface area (Å²) in [4.78, 5) is 5.91. The molecule has 0 radical (unpaired) electrons. The Kier molecular flexibility index (Phi) is 4.84. The molecule has 1 unspecified atom stereocenters. The van der Waals surface area contributed by atoms with Crippen LogP contribution in [0.4, 0.5) is 10.2 Å². The summed E-state index contributed by atoms with van der Waals surface area (Å²) in [5.74, 6) is 0.902. The molecule has 1 saturated carbocycles. The normalized spacial score (nSPS) is 17.1. The van der Waals surface area contributed by atoms with Gasteiger partial charge in [0.1, 0.15) is 17.6 Å². The van der Waals surface area contributed by atoms with Crippen molar-refractivity contribution in [3.63, 3.8) is 0 Å². The first kappa shape index (κ1) is 21.1. The second-order valence-corrected chi connectivity index (χ2v) is 9.36. The molecule has 0 spiro atoms. The average Bonchev–Trinajstić information content (AvgIpc) is 3.46. The van der Waals surface area contributed by atoms with Crippen molar-refractivity contribution in [1.29, 1.82) is 0 Å². The smallest absolute Gasteiger partial charge is 0.166 e. The predicted octanol–water partition coefficient (Wildman–Crippen LogP) is 4.57. The second kappa shape index (κ2) is 7.80. The van der Waals surface area contributed by atoms with E-state index in [4.69, 9.17) is 22.1 Å². The molecule has 8 nitrogen and oxygen atoms in total. The Balaban J connectivity index is 1.62. The van der Waals surface area contributed by atoms with Crippen molar-refractivity contribution >= 4 is 17.4 Å². The molecule has 10 heteroatoms.